The lowest BCUT2D eigenvalue weighted by Crippen LogP contribution is -2.46. The minimum Gasteiger partial charge on any atom is -0.478 e. The molecule has 13 nitrogen and oxygen atoms in total. The van der Waals surface area contributed by atoms with Crippen molar-refractivity contribution in [3.8, 4) is 5.75 Å². The summed E-state index contributed by atoms with van der Waals surface area (Å²) in [4.78, 5) is 71.4. The third kappa shape index (κ3) is 2.64. The van der Waals surface area contributed by atoms with E-state index in [1.807, 2.05) is 0 Å². The highest BCUT2D eigenvalue weighted by atomic mass is 16.6. The van der Waals surface area contributed by atoms with Gasteiger partial charge in [-0.15, -0.1) is 0 Å². The number of aromatic carboxylic acids is 4. The van der Waals surface area contributed by atoms with E-state index in [0.717, 1.165) is 24.3 Å². The molecule has 32 heavy (non-hydrogen) atoms. The number of esters is 2. The monoisotopic (exact) mass is 443 g/mol. The van der Waals surface area contributed by atoms with Gasteiger partial charge in [-0.3, -0.25) is 0 Å². The van der Waals surface area contributed by atoms with E-state index in [1.54, 1.807) is 0 Å². The number of nitrogens with one attached hydrogen (secondary N) is 1. The molecule has 2 aromatic rings. The maximum Gasteiger partial charge on any atom is 0.385 e. The Morgan fingerprint density at radius 1 is 0.812 bits per heavy atom. The van der Waals surface area contributed by atoms with Crippen molar-refractivity contribution in [2.24, 2.45) is 0 Å². The van der Waals surface area contributed by atoms with Crippen LogP contribution in [-0.4, -0.2) is 56.2 Å². The molecule has 13 heteroatoms. The highest BCUT2D eigenvalue weighted by molar-refractivity contribution is 6.17. The normalized spacial score (nSPS) is 18.1. The first-order chi connectivity index (χ1) is 15.0. The fourth-order valence-electron chi connectivity index (χ4n) is 3.50. The van der Waals surface area contributed by atoms with Crippen LogP contribution in [0.4, 0.5) is 5.69 Å². The summed E-state index contributed by atoms with van der Waals surface area (Å²) in [7, 11) is 0. The van der Waals surface area contributed by atoms with Crippen LogP contribution in [-0.2, 0) is 15.3 Å². The molecule has 0 amide bonds. The van der Waals surface area contributed by atoms with E-state index in [2.05, 4.69) is 10.1 Å². The Morgan fingerprint density at radius 2 is 1.44 bits per heavy atom. The Morgan fingerprint density at radius 3 is 2.00 bits per heavy atom. The van der Waals surface area contributed by atoms with Gasteiger partial charge in [0.25, 0.3) is 0 Å². The molecule has 0 radical (unpaired) electrons. The average Bonchev–Trinajstić information content (AvgIpc) is 3.07. The summed E-state index contributed by atoms with van der Waals surface area (Å²) in [6.07, 6.45) is 0. The van der Waals surface area contributed by atoms with E-state index in [-0.39, 0.29) is 17.0 Å². The molecule has 5 N–H and O–H groups in total. The molecule has 0 aromatic heterocycles. The SMILES string of the molecule is O=C(O)c1ccc(C23Nc4c(cc(C(=O)O)c(C(=O)O)c4C(=O)OC2=O)O3)cc1C(=O)O. The minimum atomic E-state index is -2.42. The van der Waals surface area contributed by atoms with Crippen LogP contribution in [0.3, 0.4) is 0 Å². The summed E-state index contributed by atoms with van der Waals surface area (Å²) in [6, 6.07) is 3.50. The number of hydrogen-bond acceptors (Lipinski definition) is 9. The van der Waals surface area contributed by atoms with Gasteiger partial charge in [0.1, 0.15) is 11.3 Å². The highest BCUT2D eigenvalue weighted by Crippen LogP contribution is 2.49. The first kappa shape index (κ1) is 20.3. The van der Waals surface area contributed by atoms with Crippen LogP contribution in [0.5, 0.6) is 5.75 Å². The topological polar surface area (TPSA) is 214 Å². The number of fused-ring (bicyclic) bond motifs is 1. The van der Waals surface area contributed by atoms with Gasteiger partial charge in [0, 0.05) is 5.56 Å². The van der Waals surface area contributed by atoms with Crippen molar-refractivity contribution in [1.82, 2.24) is 0 Å². The Bertz CT molecular complexity index is 1310. The first-order valence-corrected chi connectivity index (χ1v) is 8.50. The van der Waals surface area contributed by atoms with Crippen LogP contribution >= 0.6 is 0 Å². The third-order valence-corrected chi connectivity index (χ3v) is 4.86. The number of hydrogen-bond donors (Lipinski definition) is 5. The fourth-order valence-corrected chi connectivity index (χ4v) is 3.50. The van der Waals surface area contributed by atoms with Gasteiger partial charge >= 0.3 is 41.5 Å². The lowest BCUT2D eigenvalue weighted by atomic mass is 9.96. The second-order valence-corrected chi connectivity index (χ2v) is 6.61. The van der Waals surface area contributed by atoms with Gasteiger partial charge in [-0.25, -0.2) is 28.8 Å². The standard InChI is InChI=1S/C19H9NO12/c21-13(22)6-2-1-5(3-7(6)14(23)24)19-18(30)31-17(29)11-10(16(27)28)8(15(25)26)4-9(32-19)12(11)20-19/h1-4,20H,(H,21,22)(H,23,24)(H,25,26)(H,27,28). The van der Waals surface area contributed by atoms with Gasteiger partial charge in [0.15, 0.2) is 0 Å². The third-order valence-electron chi connectivity index (χ3n) is 4.86. The predicted octanol–water partition coefficient (Wildman–Crippen LogP) is 0.834. The summed E-state index contributed by atoms with van der Waals surface area (Å²) in [5.41, 5.74) is -6.94. The maximum absolute atomic E-state index is 12.8. The minimum absolute atomic E-state index is 0.296. The summed E-state index contributed by atoms with van der Waals surface area (Å²) in [6.45, 7) is 0. The quantitative estimate of drug-likeness (QED) is 0.320. The molecule has 4 rings (SSSR count). The van der Waals surface area contributed by atoms with Gasteiger partial charge in [-0.05, 0) is 18.2 Å². The molecule has 0 spiro atoms. The van der Waals surface area contributed by atoms with Crippen molar-refractivity contribution in [3.63, 3.8) is 0 Å². The molecule has 0 fully saturated rings. The maximum atomic E-state index is 12.8. The zero-order chi connectivity index (χ0) is 23.5. The summed E-state index contributed by atoms with van der Waals surface area (Å²) in [5, 5.41) is 39.9. The van der Waals surface area contributed by atoms with Crippen LogP contribution in [0.25, 0.3) is 0 Å². The molecule has 2 bridgehead atoms. The number of carboxylic acids is 4. The Balaban J connectivity index is 2.00. The molecule has 162 valence electrons. The molecule has 1 atom stereocenters. The number of carbonyl (C=O) groups excluding carboxylic acids is 2. The fraction of sp³-hybridized carbons (Fsp3) is 0.0526. The van der Waals surface area contributed by atoms with E-state index in [0.29, 0.717) is 0 Å². The molecule has 2 aliphatic heterocycles. The van der Waals surface area contributed by atoms with Crippen molar-refractivity contribution in [1.29, 1.82) is 0 Å². The second kappa shape index (κ2) is 6.53. The van der Waals surface area contributed by atoms with Gasteiger partial charge < -0.3 is 35.2 Å². The number of benzene rings is 2. The van der Waals surface area contributed by atoms with Crippen molar-refractivity contribution >= 4 is 41.5 Å². The molecule has 2 aromatic carbocycles. The molecular formula is C19H9NO12. The number of cyclic esters (lactones) is 2. The number of ether oxygens (including phenoxy) is 2. The van der Waals surface area contributed by atoms with Crippen LogP contribution in [0.2, 0.25) is 0 Å². The molecule has 0 aliphatic carbocycles. The lowest BCUT2D eigenvalue weighted by molar-refractivity contribution is -0.153. The Kier molecular flexibility index (Phi) is 4.15. The van der Waals surface area contributed by atoms with Crippen molar-refractivity contribution < 1.29 is 58.7 Å². The number of anilines is 1. The molecule has 2 heterocycles. The van der Waals surface area contributed by atoms with Gasteiger partial charge in [0.2, 0.25) is 0 Å². The Hall–Kier alpha value is -4.94. The molecule has 1 unspecified atom stereocenters. The lowest BCUT2D eigenvalue weighted by Gasteiger charge is -2.26. The van der Waals surface area contributed by atoms with Gasteiger partial charge in [-0.2, -0.15) is 0 Å². The van der Waals surface area contributed by atoms with E-state index >= 15 is 0 Å². The molecule has 0 saturated heterocycles. The number of carboxylic acid groups (broad SMARTS) is 4. The molecule has 0 saturated carbocycles. The zero-order valence-electron chi connectivity index (χ0n) is 15.4. The molecule has 2 aliphatic rings. The van der Waals surface area contributed by atoms with Crippen molar-refractivity contribution in [3.05, 3.63) is 57.6 Å². The second-order valence-electron chi connectivity index (χ2n) is 6.61. The summed E-state index contributed by atoms with van der Waals surface area (Å²) >= 11 is 0. The van der Waals surface area contributed by atoms with Gasteiger partial charge in [-0.1, -0.05) is 6.07 Å². The van der Waals surface area contributed by atoms with E-state index < -0.39 is 69.4 Å². The largest absolute Gasteiger partial charge is 0.478 e. The van der Waals surface area contributed by atoms with Crippen molar-refractivity contribution in [2.45, 2.75) is 5.72 Å². The van der Waals surface area contributed by atoms with E-state index in [9.17, 15) is 49.2 Å². The molecular weight excluding hydrogens is 434 g/mol. The zero-order valence-corrected chi connectivity index (χ0v) is 15.4. The van der Waals surface area contributed by atoms with E-state index in [1.165, 1.54) is 0 Å². The van der Waals surface area contributed by atoms with E-state index in [4.69, 9.17) is 4.74 Å². The summed E-state index contributed by atoms with van der Waals surface area (Å²) in [5.74, 6) is -9.96. The van der Waals surface area contributed by atoms with Crippen molar-refractivity contribution in [2.75, 3.05) is 5.32 Å². The van der Waals surface area contributed by atoms with Crippen LogP contribution in [0, 0.1) is 0 Å². The Labute approximate surface area is 175 Å². The average molecular weight is 443 g/mol. The first-order valence-electron chi connectivity index (χ1n) is 8.50. The van der Waals surface area contributed by atoms with Gasteiger partial charge in [0.05, 0.1) is 27.9 Å². The number of rotatable bonds is 5. The summed E-state index contributed by atoms with van der Waals surface area (Å²) < 4.78 is 10.2. The van der Waals surface area contributed by atoms with Crippen LogP contribution in [0.1, 0.15) is 57.4 Å². The smallest absolute Gasteiger partial charge is 0.385 e. The predicted molar refractivity (Wildman–Crippen MR) is 97.1 cm³/mol. The van der Waals surface area contributed by atoms with Crippen LogP contribution in [0.15, 0.2) is 24.3 Å². The highest BCUT2D eigenvalue weighted by Gasteiger charge is 2.55. The number of carbonyl (C=O) groups is 6. The van der Waals surface area contributed by atoms with Crippen LogP contribution < -0.4 is 10.1 Å².